The number of benzene rings is 1. The number of hydrogen-bond donors (Lipinski definition) is 1. The minimum absolute atomic E-state index is 0.0204. The Morgan fingerprint density at radius 2 is 1.90 bits per heavy atom. The third-order valence-corrected chi connectivity index (χ3v) is 5.17. The SMILES string of the molecule is CCCn1c(=O)[nH]c(=O)c2c(C(=O)N(C)Cc3ccc(Cl)cc3)cc(C(C)C)nc21. The summed E-state index contributed by atoms with van der Waals surface area (Å²) in [5.41, 5.74) is 0.936. The van der Waals surface area contributed by atoms with Crippen LogP contribution in [0.2, 0.25) is 5.02 Å². The minimum Gasteiger partial charge on any atom is -0.337 e. The second-order valence-corrected chi connectivity index (χ2v) is 8.08. The van der Waals surface area contributed by atoms with Crippen LogP contribution < -0.4 is 11.2 Å². The highest BCUT2D eigenvalue weighted by atomic mass is 35.5. The summed E-state index contributed by atoms with van der Waals surface area (Å²) in [6.07, 6.45) is 0.689. The Kier molecular flexibility index (Phi) is 6.41. The van der Waals surface area contributed by atoms with Gasteiger partial charge in [-0.25, -0.2) is 9.78 Å². The summed E-state index contributed by atoms with van der Waals surface area (Å²) >= 11 is 5.94. The lowest BCUT2D eigenvalue weighted by Crippen LogP contribution is -2.34. The van der Waals surface area contributed by atoms with Crippen LogP contribution in [0.3, 0.4) is 0 Å². The summed E-state index contributed by atoms with van der Waals surface area (Å²) in [4.78, 5) is 46.8. The lowest BCUT2D eigenvalue weighted by Gasteiger charge is -2.20. The zero-order valence-electron chi connectivity index (χ0n) is 17.5. The molecule has 3 aromatic rings. The molecule has 8 heteroatoms. The molecule has 2 aromatic heterocycles. The van der Waals surface area contributed by atoms with E-state index < -0.39 is 11.2 Å². The number of amides is 1. The Balaban J connectivity index is 2.16. The molecule has 0 radical (unpaired) electrons. The van der Waals surface area contributed by atoms with Crippen LogP contribution in [-0.4, -0.2) is 32.4 Å². The molecule has 30 heavy (non-hydrogen) atoms. The number of carbonyl (C=O) groups is 1. The van der Waals surface area contributed by atoms with Crippen LogP contribution >= 0.6 is 11.6 Å². The van der Waals surface area contributed by atoms with E-state index in [0.717, 1.165) is 5.56 Å². The maximum Gasteiger partial charge on any atom is 0.329 e. The van der Waals surface area contributed by atoms with Crippen molar-refractivity contribution in [3.8, 4) is 0 Å². The summed E-state index contributed by atoms with van der Waals surface area (Å²) in [5, 5.41) is 0.760. The van der Waals surface area contributed by atoms with Gasteiger partial charge in [0.2, 0.25) is 0 Å². The van der Waals surface area contributed by atoms with Crippen molar-refractivity contribution in [3.05, 3.63) is 73.0 Å². The summed E-state index contributed by atoms with van der Waals surface area (Å²) in [5.74, 6) is -0.293. The standard InChI is InChI=1S/C22H25ClN4O3/c1-5-10-27-19-18(20(28)25-22(27)30)16(11-17(24-19)13(2)3)21(29)26(4)12-14-6-8-15(23)9-7-14/h6-9,11,13H,5,10,12H2,1-4H3,(H,25,28,30). The van der Waals surface area contributed by atoms with Crippen molar-refractivity contribution in [1.82, 2.24) is 19.4 Å². The van der Waals surface area contributed by atoms with Crippen LogP contribution in [0.15, 0.2) is 39.9 Å². The molecule has 0 atom stereocenters. The highest BCUT2D eigenvalue weighted by Gasteiger charge is 2.22. The van der Waals surface area contributed by atoms with Gasteiger partial charge in [0, 0.05) is 30.9 Å². The molecule has 0 spiro atoms. The van der Waals surface area contributed by atoms with Crippen molar-refractivity contribution in [2.75, 3.05) is 7.05 Å². The van der Waals surface area contributed by atoms with Crippen molar-refractivity contribution >= 4 is 28.5 Å². The summed E-state index contributed by atoms with van der Waals surface area (Å²) < 4.78 is 1.43. The van der Waals surface area contributed by atoms with Gasteiger partial charge in [0.25, 0.3) is 11.5 Å². The third kappa shape index (κ3) is 4.31. The van der Waals surface area contributed by atoms with Crippen LogP contribution in [-0.2, 0) is 13.1 Å². The van der Waals surface area contributed by atoms with Gasteiger partial charge in [-0.1, -0.05) is 44.5 Å². The number of rotatable bonds is 6. The Bertz CT molecular complexity index is 1200. The van der Waals surface area contributed by atoms with Crippen LogP contribution in [0.5, 0.6) is 0 Å². The Morgan fingerprint density at radius 3 is 2.50 bits per heavy atom. The highest BCUT2D eigenvalue weighted by molar-refractivity contribution is 6.30. The van der Waals surface area contributed by atoms with Crippen molar-refractivity contribution in [3.63, 3.8) is 0 Å². The lowest BCUT2D eigenvalue weighted by atomic mass is 10.0. The van der Waals surface area contributed by atoms with E-state index in [2.05, 4.69) is 9.97 Å². The fraction of sp³-hybridized carbons (Fsp3) is 0.364. The number of aromatic nitrogens is 3. The fourth-order valence-corrected chi connectivity index (χ4v) is 3.46. The molecule has 0 aliphatic carbocycles. The molecule has 0 saturated carbocycles. The third-order valence-electron chi connectivity index (χ3n) is 4.92. The molecule has 0 aliphatic rings. The van der Waals surface area contributed by atoms with Crippen LogP contribution in [0.4, 0.5) is 0 Å². The summed E-state index contributed by atoms with van der Waals surface area (Å²) in [6, 6.07) is 8.89. The van der Waals surface area contributed by atoms with E-state index in [9.17, 15) is 14.4 Å². The molecule has 7 nitrogen and oxygen atoms in total. The van der Waals surface area contributed by atoms with E-state index in [4.69, 9.17) is 11.6 Å². The van der Waals surface area contributed by atoms with Crippen LogP contribution in [0.25, 0.3) is 11.0 Å². The molecule has 0 fully saturated rings. The van der Waals surface area contributed by atoms with Crippen molar-refractivity contribution in [2.24, 2.45) is 0 Å². The summed E-state index contributed by atoms with van der Waals surface area (Å²) in [7, 11) is 1.68. The molecule has 1 N–H and O–H groups in total. The zero-order chi connectivity index (χ0) is 22.0. The fourth-order valence-electron chi connectivity index (χ4n) is 3.33. The predicted octanol–water partition coefficient (Wildman–Crippen LogP) is 3.54. The number of nitrogens with one attached hydrogen (secondary N) is 1. The van der Waals surface area contributed by atoms with Crippen LogP contribution in [0.1, 0.15) is 54.7 Å². The maximum absolute atomic E-state index is 13.3. The molecule has 2 heterocycles. The van der Waals surface area contributed by atoms with Gasteiger partial charge in [-0.05, 0) is 36.1 Å². The van der Waals surface area contributed by atoms with Gasteiger partial charge >= 0.3 is 5.69 Å². The van der Waals surface area contributed by atoms with E-state index in [-0.39, 0.29) is 28.4 Å². The first-order valence-corrected chi connectivity index (χ1v) is 10.3. The lowest BCUT2D eigenvalue weighted by molar-refractivity contribution is 0.0786. The predicted molar refractivity (Wildman–Crippen MR) is 118 cm³/mol. The number of aryl methyl sites for hydroxylation is 1. The van der Waals surface area contributed by atoms with Gasteiger partial charge in [0.05, 0.1) is 10.9 Å². The Morgan fingerprint density at radius 1 is 1.23 bits per heavy atom. The second-order valence-electron chi connectivity index (χ2n) is 7.65. The van der Waals surface area contributed by atoms with E-state index in [1.54, 1.807) is 25.2 Å². The Hall–Kier alpha value is -2.93. The highest BCUT2D eigenvalue weighted by Crippen LogP contribution is 2.22. The number of hydrogen-bond acceptors (Lipinski definition) is 4. The average Bonchev–Trinajstić information content (AvgIpc) is 2.71. The van der Waals surface area contributed by atoms with Crippen LogP contribution in [0, 0.1) is 0 Å². The zero-order valence-corrected chi connectivity index (χ0v) is 18.3. The number of fused-ring (bicyclic) bond motifs is 1. The topological polar surface area (TPSA) is 88.1 Å². The normalized spacial score (nSPS) is 11.3. The molecular weight excluding hydrogens is 404 g/mol. The molecule has 0 saturated heterocycles. The minimum atomic E-state index is -0.603. The second kappa shape index (κ2) is 8.83. The van der Waals surface area contributed by atoms with Gasteiger partial charge in [-0.15, -0.1) is 0 Å². The van der Waals surface area contributed by atoms with Crippen molar-refractivity contribution < 1.29 is 4.79 Å². The van der Waals surface area contributed by atoms with Gasteiger partial charge in [-0.3, -0.25) is 19.1 Å². The molecule has 0 unspecified atom stereocenters. The number of nitrogens with zero attached hydrogens (tertiary/aromatic N) is 3. The monoisotopic (exact) mass is 428 g/mol. The maximum atomic E-state index is 13.3. The van der Waals surface area contributed by atoms with E-state index in [0.29, 0.717) is 30.2 Å². The first-order valence-electron chi connectivity index (χ1n) is 9.90. The number of H-pyrrole nitrogens is 1. The molecule has 1 amide bonds. The van der Waals surface area contributed by atoms with Gasteiger partial charge in [0.1, 0.15) is 0 Å². The number of halogens is 1. The van der Waals surface area contributed by atoms with Crippen molar-refractivity contribution in [1.29, 1.82) is 0 Å². The van der Waals surface area contributed by atoms with Gasteiger partial charge in [-0.2, -0.15) is 0 Å². The molecular formula is C22H25ClN4O3. The van der Waals surface area contributed by atoms with E-state index in [1.165, 1.54) is 9.47 Å². The number of aromatic amines is 1. The number of pyridine rings is 1. The Labute approximate surface area is 179 Å². The largest absolute Gasteiger partial charge is 0.337 e. The van der Waals surface area contributed by atoms with Gasteiger partial charge in [0.15, 0.2) is 5.65 Å². The smallest absolute Gasteiger partial charge is 0.329 e. The first-order chi connectivity index (χ1) is 14.2. The molecule has 0 bridgehead atoms. The molecule has 0 aliphatic heterocycles. The first kappa shape index (κ1) is 21.8. The molecule has 1 aromatic carbocycles. The average molecular weight is 429 g/mol. The molecule has 3 rings (SSSR count). The van der Waals surface area contributed by atoms with E-state index >= 15 is 0 Å². The molecule has 158 valence electrons. The van der Waals surface area contributed by atoms with Crippen molar-refractivity contribution in [2.45, 2.75) is 46.2 Å². The number of carbonyl (C=O) groups excluding carboxylic acids is 1. The van der Waals surface area contributed by atoms with Gasteiger partial charge < -0.3 is 4.90 Å². The quantitative estimate of drug-likeness (QED) is 0.650. The summed E-state index contributed by atoms with van der Waals surface area (Å²) in [6.45, 7) is 6.59. The van der Waals surface area contributed by atoms with E-state index in [1.807, 2.05) is 32.9 Å².